The number of aromatic hydroxyl groups is 1. The van der Waals surface area contributed by atoms with Gasteiger partial charge >= 0.3 is 11.7 Å². The van der Waals surface area contributed by atoms with Crippen LogP contribution in [0.2, 0.25) is 0 Å². The van der Waals surface area contributed by atoms with E-state index in [1.165, 1.54) is 10.6 Å². The molecule has 5 nitrogen and oxygen atoms in total. The van der Waals surface area contributed by atoms with Gasteiger partial charge in [-0.1, -0.05) is 66.2 Å². The molecule has 3 aromatic carbocycles. The van der Waals surface area contributed by atoms with Crippen LogP contribution in [0.3, 0.4) is 0 Å². The highest BCUT2D eigenvalue weighted by Gasteiger charge is 2.41. The van der Waals surface area contributed by atoms with E-state index in [4.69, 9.17) is 4.98 Å². The highest BCUT2D eigenvalue weighted by molar-refractivity contribution is 5.83. The van der Waals surface area contributed by atoms with E-state index in [0.29, 0.717) is 30.0 Å². The van der Waals surface area contributed by atoms with Gasteiger partial charge in [-0.15, -0.1) is 0 Å². The first-order valence-corrected chi connectivity index (χ1v) is 10.8. The fourth-order valence-corrected chi connectivity index (χ4v) is 4.13. The van der Waals surface area contributed by atoms with Crippen molar-refractivity contribution in [2.75, 3.05) is 5.32 Å². The summed E-state index contributed by atoms with van der Waals surface area (Å²) in [6.07, 6.45) is 2.55. The Kier molecular flexibility index (Phi) is 5.34. The zero-order valence-corrected chi connectivity index (χ0v) is 18.1. The summed E-state index contributed by atoms with van der Waals surface area (Å²) in [5.41, 5.74) is 4.32. The first kappa shape index (κ1) is 20.8. The second-order valence-electron chi connectivity index (χ2n) is 8.32. The number of phenols is 1. The summed E-state index contributed by atoms with van der Waals surface area (Å²) in [5, 5.41) is 13.2. The molecule has 0 radical (unpaired) electrons. The van der Waals surface area contributed by atoms with E-state index >= 15 is 0 Å². The second-order valence-corrected chi connectivity index (χ2v) is 8.32. The Bertz CT molecular complexity index is 1340. The molecule has 0 amide bonds. The number of benzene rings is 3. The molecule has 1 unspecified atom stereocenters. The first-order chi connectivity index (χ1) is 16.0. The van der Waals surface area contributed by atoms with Crippen LogP contribution >= 0.6 is 0 Å². The maximum Gasteiger partial charge on any atom is 0.359 e. The van der Waals surface area contributed by atoms with Gasteiger partial charge in [-0.2, -0.15) is 4.57 Å². The van der Waals surface area contributed by atoms with E-state index in [1.54, 1.807) is 18.3 Å². The summed E-state index contributed by atoms with van der Waals surface area (Å²) in [4.78, 5) is 18.1. The zero-order chi connectivity index (χ0) is 22.9. The maximum atomic E-state index is 14.7. The smallest absolute Gasteiger partial charge is 0.359 e. The van der Waals surface area contributed by atoms with E-state index in [1.807, 2.05) is 61.5 Å². The molecule has 1 aliphatic rings. The number of halogens is 1. The minimum atomic E-state index is -0.758. The van der Waals surface area contributed by atoms with Crippen LogP contribution < -0.4 is 9.88 Å². The Hall–Kier alpha value is -4.06. The third-order valence-corrected chi connectivity index (χ3v) is 5.90. The molecule has 2 heterocycles. The van der Waals surface area contributed by atoms with Crippen molar-refractivity contribution in [2.45, 2.75) is 25.8 Å². The summed E-state index contributed by atoms with van der Waals surface area (Å²) in [5.74, 6) is -0.716. The van der Waals surface area contributed by atoms with Crippen molar-refractivity contribution in [1.29, 1.82) is 0 Å². The van der Waals surface area contributed by atoms with Crippen LogP contribution in [0.1, 0.15) is 27.2 Å². The van der Waals surface area contributed by atoms with Crippen LogP contribution in [0.4, 0.5) is 10.2 Å². The molecule has 5 rings (SSSR count). The number of hydrogen-bond acceptors (Lipinski definition) is 4. The van der Waals surface area contributed by atoms with E-state index < -0.39 is 17.6 Å². The molecular formula is C27H23FN3O2+. The zero-order valence-electron chi connectivity index (χ0n) is 18.1. The molecule has 4 aromatic rings. The lowest BCUT2D eigenvalue weighted by molar-refractivity contribution is -0.552. The number of rotatable bonds is 5. The van der Waals surface area contributed by atoms with E-state index in [2.05, 4.69) is 5.32 Å². The van der Waals surface area contributed by atoms with Crippen molar-refractivity contribution in [3.63, 3.8) is 0 Å². The largest absolute Gasteiger partial charge is 0.505 e. The van der Waals surface area contributed by atoms with Crippen LogP contribution in [0.25, 0.3) is 11.3 Å². The molecule has 0 spiro atoms. The van der Waals surface area contributed by atoms with Crippen LogP contribution in [0.5, 0.6) is 5.75 Å². The minimum absolute atomic E-state index is 0.121. The molecule has 0 aliphatic carbocycles. The fraction of sp³-hybridized carbons (Fsp3) is 0.148. The third-order valence-electron chi connectivity index (χ3n) is 5.90. The number of aromatic nitrogens is 2. The Balaban J connectivity index is 1.57. The lowest BCUT2D eigenvalue weighted by Crippen LogP contribution is -2.44. The Morgan fingerprint density at radius 3 is 2.52 bits per heavy atom. The van der Waals surface area contributed by atoms with E-state index in [9.17, 15) is 14.3 Å². The molecular weight excluding hydrogens is 417 g/mol. The predicted molar refractivity (Wildman–Crippen MR) is 124 cm³/mol. The highest BCUT2D eigenvalue weighted by Crippen LogP contribution is 2.29. The predicted octanol–water partition coefficient (Wildman–Crippen LogP) is 4.46. The van der Waals surface area contributed by atoms with Crippen LogP contribution in [-0.2, 0) is 12.8 Å². The molecule has 6 heteroatoms. The number of anilines is 1. The van der Waals surface area contributed by atoms with Gasteiger partial charge in [0.1, 0.15) is 17.6 Å². The molecule has 33 heavy (non-hydrogen) atoms. The minimum Gasteiger partial charge on any atom is -0.505 e. The first-order valence-electron chi connectivity index (χ1n) is 10.8. The van der Waals surface area contributed by atoms with Gasteiger partial charge in [0, 0.05) is 18.4 Å². The number of nitrogens with one attached hydrogen (secondary N) is 1. The molecule has 0 saturated carbocycles. The van der Waals surface area contributed by atoms with Crippen LogP contribution in [0.15, 0.2) is 79.0 Å². The van der Waals surface area contributed by atoms with Gasteiger partial charge in [0.25, 0.3) is 0 Å². The number of carbonyl (C=O) groups is 1. The van der Waals surface area contributed by atoms with Gasteiger partial charge < -0.3 is 5.11 Å². The molecule has 1 aliphatic heterocycles. The molecule has 0 fully saturated rings. The molecule has 2 N–H and O–H groups in total. The van der Waals surface area contributed by atoms with E-state index in [-0.39, 0.29) is 11.5 Å². The van der Waals surface area contributed by atoms with Gasteiger partial charge in [-0.3, -0.25) is 5.32 Å². The number of carbonyl (C=O) groups excluding carboxylic acids is 1. The number of fused-ring (bicyclic) bond motifs is 1. The topological polar surface area (TPSA) is 66.1 Å². The average molecular weight is 440 g/mol. The van der Waals surface area contributed by atoms with Crippen molar-refractivity contribution in [3.8, 4) is 17.0 Å². The summed E-state index contributed by atoms with van der Waals surface area (Å²) >= 11 is 0. The quantitative estimate of drug-likeness (QED) is 0.450. The Morgan fingerprint density at radius 1 is 1.00 bits per heavy atom. The highest BCUT2D eigenvalue weighted by atomic mass is 19.1. The molecule has 0 bridgehead atoms. The molecule has 1 aromatic heterocycles. The average Bonchev–Trinajstić information content (AvgIpc) is 3.13. The van der Waals surface area contributed by atoms with E-state index in [0.717, 1.165) is 16.7 Å². The summed E-state index contributed by atoms with van der Waals surface area (Å²) in [6.45, 7) is 2.03. The normalized spacial score (nSPS) is 14.7. The number of phenolic OH excluding ortho intramolecular Hbond substituents is 1. The maximum absolute atomic E-state index is 14.7. The van der Waals surface area contributed by atoms with Crippen LogP contribution in [-0.4, -0.2) is 22.0 Å². The SMILES string of the molecule is Cc1ccc(CC2Nc3c(Cc4ccccc4)nc(-c4cccc(O)c4F)c[n+]3C2=O)cc1. The van der Waals surface area contributed by atoms with Gasteiger partial charge in [0.05, 0.1) is 0 Å². The number of aryl methyl sites for hydroxylation is 1. The number of hydrogen-bond donors (Lipinski definition) is 2. The molecule has 1 atom stereocenters. The molecule has 0 saturated heterocycles. The van der Waals surface area contributed by atoms with Crippen LogP contribution in [0, 0.1) is 12.7 Å². The summed E-state index contributed by atoms with van der Waals surface area (Å²) in [6, 6.07) is 21.8. The van der Waals surface area contributed by atoms with Crippen molar-refractivity contribution >= 4 is 11.7 Å². The standard InChI is InChI=1S/C27H22FN3O2/c1-17-10-12-19(13-11-17)15-22-27(33)31-16-23(20-8-5-9-24(32)25(20)28)29-21(26(31)30-22)14-18-6-3-2-4-7-18/h2-13,16,22,32H,14-15H2,1H3/p+1. The van der Waals surface area contributed by atoms with Crippen molar-refractivity contribution in [3.05, 3.63) is 107 Å². The summed E-state index contributed by atoms with van der Waals surface area (Å²) in [7, 11) is 0. The van der Waals surface area contributed by atoms with Gasteiger partial charge in [-0.25, -0.2) is 14.2 Å². The lowest BCUT2D eigenvalue weighted by atomic mass is 10.0. The fourth-order valence-electron chi connectivity index (χ4n) is 4.13. The Labute approximate surface area is 191 Å². The van der Waals surface area contributed by atoms with Crippen molar-refractivity contribution in [1.82, 2.24) is 4.98 Å². The monoisotopic (exact) mass is 440 g/mol. The molecule has 164 valence electrons. The van der Waals surface area contributed by atoms with Crippen molar-refractivity contribution in [2.24, 2.45) is 0 Å². The van der Waals surface area contributed by atoms with Gasteiger partial charge in [-0.05, 0) is 30.2 Å². The summed E-state index contributed by atoms with van der Waals surface area (Å²) < 4.78 is 16.2. The van der Waals surface area contributed by atoms with Gasteiger partial charge in [0.2, 0.25) is 0 Å². The lowest BCUT2D eigenvalue weighted by Gasteiger charge is -2.08. The third kappa shape index (κ3) is 4.07. The van der Waals surface area contributed by atoms with Crippen molar-refractivity contribution < 1.29 is 18.9 Å². The number of nitrogens with zero attached hydrogens (tertiary/aromatic N) is 2. The Morgan fingerprint density at radius 2 is 1.76 bits per heavy atom. The van der Waals surface area contributed by atoms with Gasteiger partial charge in [0.15, 0.2) is 17.6 Å². The second kappa shape index (κ2) is 8.47.